The molecule has 9 nitrogen and oxygen atoms in total. The molecule has 3 aromatic carbocycles. The van der Waals surface area contributed by atoms with Gasteiger partial charge in [0.1, 0.15) is 18.6 Å². The lowest BCUT2D eigenvalue weighted by molar-refractivity contribution is -0.157. The Balaban J connectivity index is 1.75. The van der Waals surface area contributed by atoms with Crippen molar-refractivity contribution in [2.45, 2.75) is 90.2 Å². The summed E-state index contributed by atoms with van der Waals surface area (Å²) in [7, 11) is -2.40. The summed E-state index contributed by atoms with van der Waals surface area (Å²) in [5.41, 5.74) is 0.667. The molecule has 58 heavy (non-hydrogen) atoms. The zero-order valence-corrected chi connectivity index (χ0v) is 37.0. The van der Waals surface area contributed by atoms with Crippen LogP contribution in [-0.4, -0.2) is 85.2 Å². The van der Waals surface area contributed by atoms with Crippen LogP contribution in [0.5, 0.6) is 0 Å². The molecule has 0 saturated carbocycles. The second kappa shape index (κ2) is 18.9. The number of rotatable bonds is 16. The summed E-state index contributed by atoms with van der Waals surface area (Å²) in [6, 6.07) is 28.3. The van der Waals surface area contributed by atoms with Crippen LogP contribution in [-0.2, 0) is 28.3 Å². The Bertz CT molecular complexity index is 1960. The summed E-state index contributed by atoms with van der Waals surface area (Å²) in [6.45, 7) is 19.2. The number of ether oxygens (including phenoxy) is 2. The van der Waals surface area contributed by atoms with Crippen molar-refractivity contribution in [1.82, 2.24) is 9.80 Å². The van der Waals surface area contributed by atoms with Crippen LogP contribution in [0.25, 0.3) is 0 Å². The zero-order valence-electron chi connectivity index (χ0n) is 35.1. The van der Waals surface area contributed by atoms with Crippen LogP contribution in [0.15, 0.2) is 128 Å². The summed E-state index contributed by atoms with van der Waals surface area (Å²) in [5, 5.41) is 2.42. The van der Waals surface area contributed by atoms with Crippen molar-refractivity contribution in [3.63, 3.8) is 0 Å². The van der Waals surface area contributed by atoms with E-state index >= 15 is 9.59 Å². The quantitative estimate of drug-likeness (QED) is 0.0364. The van der Waals surface area contributed by atoms with Crippen molar-refractivity contribution in [2.75, 3.05) is 19.8 Å². The highest BCUT2D eigenvalue weighted by Crippen LogP contribution is 2.51. The average molecular weight is 823 g/mol. The topological polar surface area (TPSA) is 102 Å². The average Bonchev–Trinajstić information content (AvgIpc) is 3.67. The summed E-state index contributed by atoms with van der Waals surface area (Å²) in [5.74, 6) is -1.87. The van der Waals surface area contributed by atoms with E-state index in [0.29, 0.717) is 18.5 Å². The molecule has 0 spiro atoms. The zero-order chi connectivity index (χ0) is 42.3. The number of nitrogens with zero attached hydrogens (tertiary/aromatic N) is 2. The van der Waals surface area contributed by atoms with Crippen molar-refractivity contribution in [1.29, 1.82) is 0 Å². The molecule has 2 saturated heterocycles. The van der Waals surface area contributed by atoms with Gasteiger partial charge in [0.2, 0.25) is 5.91 Å². The lowest BCUT2D eigenvalue weighted by Gasteiger charge is -2.53. The third-order valence-corrected chi connectivity index (χ3v) is 20.5. The number of hydrogen-bond acceptors (Lipinski definition) is 7. The molecule has 4 atom stereocenters. The number of β-lactam (4-membered cyclic amide) rings is 1. The van der Waals surface area contributed by atoms with Gasteiger partial charge in [-0.25, -0.2) is 9.59 Å². The van der Waals surface area contributed by atoms with Crippen LogP contribution >= 0.6 is 6.89 Å². The molecule has 3 aromatic rings. The molecule has 2 aliphatic rings. The highest BCUT2D eigenvalue weighted by atomic mass is 31.2. The highest BCUT2D eigenvalue weighted by molar-refractivity contribution is 7.96. The van der Waals surface area contributed by atoms with Gasteiger partial charge in [-0.3, -0.25) is 9.59 Å². The van der Waals surface area contributed by atoms with Gasteiger partial charge in [0.25, 0.3) is 0 Å². The second-order valence-corrected chi connectivity index (χ2v) is 24.6. The summed E-state index contributed by atoms with van der Waals surface area (Å²) in [6.07, 6.45) is 5.24. The van der Waals surface area contributed by atoms with Crippen LogP contribution in [0.2, 0.25) is 18.1 Å². The van der Waals surface area contributed by atoms with Crippen LogP contribution in [0.3, 0.4) is 0 Å². The number of hydrogen-bond donors (Lipinski definition) is 0. The Morgan fingerprint density at radius 2 is 1.36 bits per heavy atom. The van der Waals surface area contributed by atoms with E-state index in [0.717, 1.165) is 22.3 Å². The van der Waals surface area contributed by atoms with Crippen molar-refractivity contribution in [3.05, 3.63) is 128 Å². The molecular formula is C47H59N2O7PSi. The molecule has 0 radical (unpaired) electrons. The van der Waals surface area contributed by atoms with Gasteiger partial charge in [0.05, 0.1) is 24.1 Å². The number of likely N-dealkylation sites (tertiary alicyclic amines) is 2. The van der Waals surface area contributed by atoms with Gasteiger partial charge in [-0.05, 0) is 66.3 Å². The van der Waals surface area contributed by atoms with Crippen molar-refractivity contribution in [3.8, 4) is 0 Å². The fourth-order valence-corrected chi connectivity index (χ4v) is 13.6. The van der Waals surface area contributed by atoms with Gasteiger partial charge in [-0.15, -0.1) is 0 Å². The fraction of sp³-hybridized carbons (Fsp3) is 0.383. The normalized spacial score (nSPS) is 19.2. The van der Waals surface area contributed by atoms with E-state index < -0.39 is 45.3 Å². The van der Waals surface area contributed by atoms with Gasteiger partial charge in [0, 0.05) is 19.9 Å². The Labute approximate surface area is 345 Å². The van der Waals surface area contributed by atoms with Gasteiger partial charge in [0.15, 0.2) is 14.1 Å². The number of ketones is 1. The molecule has 11 heteroatoms. The Hall–Kier alpha value is -4.76. The molecule has 0 N–H and O–H groups in total. The number of benzene rings is 3. The lowest BCUT2D eigenvalue weighted by atomic mass is 9.79. The number of allylic oxidation sites excluding steroid dienone is 1. The highest BCUT2D eigenvalue weighted by Gasteiger charge is 2.57. The number of esters is 1. The first-order valence-corrected chi connectivity index (χ1v) is 24.8. The summed E-state index contributed by atoms with van der Waals surface area (Å²) < 4.78 is 18.2. The second-order valence-electron chi connectivity index (χ2n) is 16.5. The molecule has 2 fully saturated rings. The molecular weight excluding hydrogens is 764 g/mol. The molecule has 0 bridgehead atoms. The maximum Gasteiger partial charge on any atom is 0.410 e. The SMILES string of the molecule is C=CCOC(=O)C(N1C(=O)[C@H]([C@@H](C)O[Si](C)(C)C(C)(C)C)[C@H]1CC(=O)C(C)=C[C@@H]1CCCN1C(=O)OCC=C)=P(c1ccccc1)(c1ccccc1)c1ccccc1. The minimum absolute atomic E-state index is 0.0738. The molecule has 308 valence electrons. The largest absolute Gasteiger partial charge is 0.457 e. The predicted octanol–water partition coefficient (Wildman–Crippen LogP) is 7.77. The monoisotopic (exact) mass is 822 g/mol. The van der Waals surface area contributed by atoms with Crippen LogP contribution in [0, 0.1) is 5.92 Å². The van der Waals surface area contributed by atoms with Crippen LogP contribution in [0.1, 0.15) is 53.9 Å². The van der Waals surface area contributed by atoms with Gasteiger partial charge in [-0.1, -0.05) is 143 Å². The first-order chi connectivity index (χ1) is 27.6. The van der Waals surface area contributed by atoms with E-state index in [2.05, 4.69) is 47.0 Å². The van der Waals surface area contributed by atoms with Crippen molar-refractivity contribution >= 4 is 60.3 Å². The third kappa shape index (κ3) is 9.10. The van der Waals surface area contributed by atoms with E-state index in [1.807, 2.05) is 104 Å². The van der Waals surface area contributed by atoms with Gasteiger partial charge >= 0.3 is 12.1 Å². The number of amides is 2. The molecule has 2 aliphatic heterocycles. The van der Waals surface area contributed by atoms with Crippen molar-refractivity contribution < 1.29 is 33.1 Å². The molecule has 0 aliphatic carbocycles. The summed E-state index contributed by atoms with van der Waals surface area (Å²) in [4.78, 5) is 60.8. The minimum Gasteiger partial charge on any atom is -0.457 e. The van der Waals surface area contributed by atoms with Crippen molar-refractivity contribution in [2.24, 2.45) is 5.92 Å². The number of Topliss-reactive ketones (excluding diaryl/α,β-unsaturated/α-hetero) is 1. The molecule has 0 unspecified atom stereocenters. The molecule has 0 aromatic heterocycles. The summed E-state index contributed by atoms with van der Waals surface area (Å²) >= 11 is 0. The first kappa shape index (κ1) is 44.3. The smallest absolute Gasteiger partial charge is 0.410 e. The van der Waals surface area contributed by atoms with Gasteiger partial charge < -0.3 is 23.7 Å². The predicted molar refractivity (Wildman–Crippen MR) is 238 cm³/mol. The van der Waals surface area contributed by atoms with E-state index in [-0.39, 0.29) is 47.8 Å². The van der Waals surface area contributed by atoms with Crippen LogP contribution in [0.4, 0.5) is 4.79 Å². The first-order valence-electron chi connectivity index (χ1n) is 20.1. The number of carbonyl (C=O) groups excluding carboxylic acids is 4. The van der Waals surface area contributed by atoms with E-state index in [9.17, 15) is 9.59 Å². The maximum atomic E-state index is 15.2. The molecule has 2 heterocycles. The Morgan fingerprint density at radius 1 is 0.862 bits per heavy atom. The molecule has 5 rings (SSSR count). The maximum absolute atomic E-state index is 15.2. The number of carbonyl (C=O) groups is 4. The van der Waals surface area contributed by atoms with E-state index in [4.69, 9.17) is 13.9 Å². The minimum atomic E-state index is -3.21. The lowest BCUT2D eigenvalue weighted by Crippen LogP contribution is -2.69. The molecule has 2 amide bonds. The van der Waals surface area contributed by atoms with E-state index in [1.54, 1.807) is 16.7 Å². The third-order valence-electron chi connectivity index (χ3n) is 11.7. The fourth-order valence-electron chi connectivity index (χ4n) is 7.78. The van der Waals surface area contributed by atoms with Gasteiger partial charge in [-0.2, -0.15) is 0 Å². The Kier molecular flexibility index (Phi) is 14.4. The standard InChI is InChI=1S/C47H59N2O7PSi/c1-10-30-54-45(52)44(57(37-23-15-12-16-24-37,38-25-17-13-18-26-38)39-27-19-14-20-28-39)49-40(42(43(49)51)35(4)56-58(8,9)47(5,6)7)33-41(50)34(3)32-36-22-21-29-48(36)46(53)55-31-11-2/h10-20,23-28,32,35-36,40,42H,1-2,21-22,29-31,33H2,3-9H3/t35-,36+,40-,42-/m1/s1. The Morgan fingerprint density at radius 3 is 1.84 bits per heavy atom. The van der Waals surface area contributed by atoms with E-state index in [1.165, 1.54) is 12.2 Å². The van der Waals surface area contributed by atoms with Crippen LogP contribution < -0.4 is 15.9 Å².